The first-order valence-corrected chi connectivity index (χ1v) is 7.21. The van der Waals surface area contributed by atoms with Crippen LogP contribution in [0.2, 0.25) is 0 Å². The van der Waals surface area contributed by atoms with Crippen molar-refractivity contribution in [2.75, 3.05) is 5.73 Å². The number of rotatable bonds is 3. The smallest absolute Gasteiger partial charge is 0.336 e. The van der Waals surface area contributed by atoms with Crippen LogP contribution in [0, 0.1) is 0 Å². The number of nitrogens with two attached hydrogens (primary N) is 3. The number of nitrogen functional groups attached to an aromatic ring is 1. The van der Waals surface area contributed by atoms with Crippen LogP contribution >= 0.6 is 0 Å². The molecule has 0 spiro atoms. The Bertz CT molecular complexity index is 976. The first-order valence-electron chi connectivity index (χ1n) is 7.21. The second-order valence-electron chi connectivity index (χ2n) is 5.39. The highest BCUT2D eigenvalue weighted by atomic mass is 16.4. The molecular formula is C18H16N4O2. The van der Waals surface area contributed by atoms with E-state index >= 15 is 0 Å². The summed E-state index contributed by atoms with van der Waals surface area (Å²) in [6.07, 6.45) is 0. The molecule has 6 heteroatoms. The molecule has 0 heterocycles. The Morgan fingerprint density at radius 3 is 2.33 bits per heavy atom. The number of nitrogens with zero attached hydrogens (tertiary/aromatic N) is 1. The van der Waals surface area contributed by atoms with Crippen LogP contribution in [-0.2, 0) is 0 Å². The van der Waals surface area contributed by atoms with Crippen LogP contribution in [-0.4, -0.2) is 17.0 Å². The second-order valence-corrected chi connectivity index (χ2v) is 5.39. The van der Waals surface area contributed by atoms with Gasteiger partial charge in [0.05, 0.1) is 11.3 Å². The van der Waals surface area contributed by atoms with Crippen molar-refractivity contribution in [3.8, 4) is 11.1 Å². The summed E-state index contributed by atoms with van der Waals surface area (Å²) in [6, 6.07) is 15.9. The van der Waals surface area contributed by atoms with E-state index in [1.54, 1.807) is 18.2 Å². The molecule has 7 N–H and O–H groups in total. The molecule has 3 aromatic rings. The zero-order valence-corrected chi connectivity index (χ0v) is 12.7. The van der Waals surface area contributed by atoms with Gasteiger partial charge in [0, 0.05) is 5.69 Å². The summed E-state index contributed by atoms with van der Waals surface area (Å²) in [5.41, 5.74) is 19.2. The van der Waals surface area contributed by atoms with E-state index in [9.17, 15) is 9.90 Å². The summed E-state index contributed by atoms with van der Waals surface area (Å²) in [4.78, 5) is 15.5. The molecule has 0 bridgehead atoms. The second kappa shape index (κ2) is 5.92. The molecule has 6 nitrogen and oxygen atoms in total. The third kappa shape index (κ3) is 2.98. The Labute approximate surface area is 138 Å². The standard InChI is InChI=1S/C18H16N4O2/c19-13-4-3-10-7-12(2-1-11(10)8-13)16-9-14(22-18(20)21)5-6-15(16)17(23)24/h1-9H,19H2,(H,23,24)(H4,20,21,22). The number of hydrogen-bond donors (Lipinski definition) is 4. The third-order valence-corrected chi connectivity index (χ3v) is 3.67. The van der Waals surface area contributed by atoms with Crippen LogP contribution in [0.5, 0.6) is 0 Å². The highest BCUT2D eigenvalue weighted by molar-refractivity contribution is 5.99. The van der Waals surface area contributed by atoms with Crippen molar-refractivity contribution in [1.82, 2.24) is 0 Å². The quantitative estimate of drug-likeness (QED) is 0.335. The highest BCUT2D eigenvalue weighted by Gasteiger charge is 2.13. The van der Waals surface area contributed by atoms with E-state index in [1.807, 2.05) is 30.3 Å². The lowest BCUT2D eigenvalue weighted by molar-refractivity contribution is 0.0698. The zero-order chi connectivity index (χ0) is 17.3. The zero-order valence-electron chi connectivity index (χ0n) is 12.7. The van der Waals surface area contributed by atoms with E-state index < -0.39 is 5.97 Å². The van der Waals surface area contributed by atoms with Crippen molar-refractivity contribution in [2.45, 2.75) is 0 Å². The number of hydrogen-bond acceptors (Lipinski definition) is 3. The molecule has 0 amide bonds. The van der Waals surface area contributed by atoms with Crippen LogP contribution in [0.1, 0.15) is 10.4 Å². The van der Waals surface area contributed by atoms with Crippen LogP contribution in [0.25, 0.3) is 21.9 Å². The van der Waals surface area contributed by atoms with Crippen molar-refractivity contribution >= 4 is 34.1 Å². The van der Waals surface area contributed by atoms with Gasteiger partial charge < -0.3 is 22.3 Å². The molecule has 0 aliphatic heterocycles. The van der Waals surface area contributed by atoms with Crippen LogP contribution < -0.4 is 17.2 Å². The Morgan fingerprint density at radius 2 is 1.62 bits per heavy atom. The Hall–Kier alpha value is -3.54. The fourth-order valence-corrected chi connectivity index (χ4v) is 2.61. The van der Waals surface area contributed by atoms with E-state index in [4.69, 9.17) is 17.2 Å². The van der Waals surface area contributed by atoms with Crippen molar-refractivity contribution in [3.63, 3.8) is 0 Å². The summed E-state index contributed by atoms with van der Waals surface area (Å²) in [5.74, 6) is -1.10. The van der Waals surface area contributed by atoms with Gasteiger partial charge >= 0.3 is 5.97 Å². The minimum atomic E-state index is -1.02. The molecular weight excluding hydrogens is 304 g/mol. The maximum atomic E-state index is 11.5. The van der Waals surface area contributed by atoms with Gasteiger partial charge in [-0.05, 0) is 58.3 Å². The summed E-state index contributed by atoms with van der Waals surface area (Å²) in [7, 11) is 0. The van der Waals surface area contributed by atoms with E-state index in [2.05, 4.69) is 4.99 Å². The average molecular weight is 320 g/mol. The lowest BCUT2D eigenvalue weighted by atomic mass is 9.96. The van der Waals surface area contributed by atoms with Gasteiger partial charge in [0.1, 0.15) is 0 Å². The number of fused-ring (bicyclic) bond motifs is 1. The maximum absolute atomic E-state index is 11.5. The summed E-state index contributed by atoms with van der Waals surface area (Å²) < 4.78 is 0. The number of aromatic carboxylic acids is 1. The Morgan fingerprint density at radius 1 is 0.917 bits per heavy atom. The number of carboxylic acid groups (broad SMARTS) is 1. The van der Waals surface area contributed by atoms with Gasteiger partial charge in [-0.25, -0.2) is 9.79 Å². The molecule has 24 heavy (non-hydrogen) atoms. The van der Waals surface area contributed by atoms with Crippen molar-refractivity contribution in [2.24, 2.45) is 16.5 Å². The molecule has 0 saturated heterocycles. The van der Waals surface area contributed by atoms with Crippen LogP contribution in [0.15, 0.2) is 59.6 Å². The number of benzene rings is 3. The highest BCUT2D eigenvalue weighted by Crippen LogP contribution is 2.31. The molecule has 0 aromatic heterocycles. The minimum Gasteiger partial charge on any atom is -0.478 e. The van der Waals surface area contributed by atoms with Gasteiger partial charge in [-0.15, -0.1) is 0 Å². The fraction of sp³-hybridized carbons (Fsp3) is 0. The first-order chi connectivity index (χ1) is 11.4. The molecule has 0 unspecified atom stereocenters. The van der Waals surface area contributed by atoms with Gasteiger partial charge in [0.25, 0.3) is 0 Å². The average Bonchev–Trinajstić information content (AvgIpc) is 2.53. The van der Waals surface area contributed by atoms with E-state index in [0.717, 1.165) is 16.3 Å². The third-order valence-electron chi connectivity index (χ3n) is 3.67. The van der Waals surface area contributed by atoms with Crippen LogP contribution in [0.4, 0.5) is 11.4 Å². The number of carboxylic acids is 1. The molecule has 0 fully saturated rings. The molecule has 3 rings (SSSR count). The number of anilines is 1. The predicted molar refractivity (Wildman–Crippen MR) is 96.2 cm³/mol. The molecule has 3 aromatic carbocycles. The molecule has 0 radical (unpaired) electrons. The van der Waals surface area contributed by atoms with E-state index in [0.29, 0.717) is 16.9 Å². The lowest BCUT2D eigenvalue weighted by Gasteiger charge is -2.09. The number of guanidine groups is 1. The van der Waals surface area contributed by atoms with Crippen molar-refractivity contribution < 1.29 is 9.90 Å². The summed E-state index contributed by atoms with van der Waals surface area (Å²) in [6.45, 7) is 0. The molecule has 120 valence electrons. The predicted octanol–water partition coefficient (Wildman–Crippen LogP) is 2.69. The van der Waals surface area contributed by atoms with Crippen molar-refractivity contribution in [1.29, 1.82) is 0 Å². The Kier molecular flexibility index (Phi) is 3.79. The molecule has 0 aliphatic carbocycles. The molecule has 0 saturated carbocycles. The minimum absolute atomic E-state index is 0.0852. The van der Waals surface area contributed by atoms with Gasteiger partial charge in [0.15, 0.2) is 5.96 Å². The molecule has 0 aliphatic rings. The first kappa shape index (κ1) is 15.4. The summed E-state index contributed by atoms with van der Waals surface area (Å²) in [5, 5.41) is 11.4. The SMILES string of the molecule is NC(N)=Nc1ccc(C(=O)O)c(-c2ccc3cc(N)ccc3c2)c1. The van der Waals surface area contributed by atoms with E-state index in [-0.39, 0.29) is 11.5 Å². The summed E-state index contributed by atoms with van der Waals surface area (Å²) >= 11 is 0. The number of carbonyl (C=O) groups is 1. The number of aliphatic imine (C=N–C) groups is 1. The monoisotopic (exact) mass is 320 g/mol. The maximum Gasteiger partial charge on any atom is 0.336 e. The van der Waals surface area contributed by atoms with Gasteiger partial charge in [-0.2, -0.15) is 0 Å². The largest absolute Gasteiger partial charge is 0.478 e. The topological polar surface area (TPSA) is 128 Å². The molecule has 0 atom stereocenters. The van der Waals surface area contributed by atoms with Gasteiger partial charge in [0.2, 0.25) is 0 Å². The van der Waals surface area contributed by atoms with Gasteiger partial charge in [-0.3, -0.25) is 0 Å². The normalized spacial score (nSPS) is 10.5. The van der Waals surface area contributed by atoms with E-state index in [1.165, 1.54) is 6.07 Å². The fourth-order valence-electron chi connectivity index (χ4n) is 2.61. The van der Waals surface area contributed by atoms with Crippen LogP contribution in [0.3, 0.4) is 0 Å². The van der Waals surface area contributed by atoms with Crippen molar-refractivity contribution in [3.05, 3.63) is 60.2 Å². The Balaban J connectivity index is 2.21. The van der Waals surface area contributed by atoms with Gasteiger partial charge in [-0.1, -0.05) is 18.2 Å². The lowest BCUT2D eigenvalue weighted by Crippen LogP contribution is -2.21.